The van der Waals surface area contributed by atoms with Crippen LogP contribution in [0.3, 0.4) is 0 Å². The van der Waals surface area contributed by atoms with Gasteiger partial charge in [-0.3, -0.25) is 4.79 Å². The van der Waals surface area contributed by atoms with E-state index >= 15 is 0 Å². The van der Waals surface area contributed by atoms with Gasteiger partial charge in [0.25, 0.3) is 0 Å². The Morgan fingerprint density at radius 2 is 2.00 bits per heavy atom. The number of rotatable bonds is 3. The van der Waals surface area contributed by atoms with Crippen molar-refractivity contribution in [3.8, 4) is 0 Å². The second-order valence-corrected chi connectivity index (χ2v) is 5.32. The summed E-state index contributed by atoms with van der Waals surface area (Å²) in [6.45, 7) is 3.60. The van der Waals surface area contributed by atoms with E-state index in [-0.39, 0.29) is 5.91 Å². The Morgan fingerprint density at radius 1 is 1.32 bits per heavy atom. The first-order valence-electron chi connectivity index (χ1n) is 6.85. The third-order valence-electron chi connectivity index (χ3n) is 3.90. The Balaban J connectivity index is 1.85. The summed E-state index contributed by atoms with van der Waals surface area (Å²) in [6, 6.07) is 2.81. The highest BCUT2D eigenvalue weighted by atomic mass is 16.2. The van der Waals surface area contributed by atoms with Gasteiger partial charge in [0.2, 0.25) is 5.91 Å². The topological polar surface area (TPSA) is 58.1 Å². The number of aromatic nitrogens is 2. The Labute approximate surface area is 114 Å². The number of carbonyl (C=O) groups excluding carboxylic acids is 1. The first-order chi connectivity index (χ1) is 9.06. The zero-order valence-corrected chi connectivity index (χ0v) is 11.9. The van der Waals surface area contributed by atoms with Crippen molar-refractivity contribution < 1.29 is 4.79 Å². The van der Waals surface area contributed by atoms with Gasteiger partial charge in [0.1, 0.15) is 12.1 Å². The van der Waals surface area contributed by atoms with E-state index in [9.17, 15) is 4.79 Å². The molecule has 1 aliphatic rings. The highest BCUT2D eigenvalue weighted by Crippen LogP contribution is 2.24. The lowest BCUT2D eigenvalue weighted by Crippen LogP contribution is -2.40. The third-order valence-corrected chi connectivity index (χ3v) is 3.90. The number of nitrogens with one attached hydrogen (secondary N) is 1. The van der Waals surface area contributed by atoms with E-state index in [1.54, 1.807) is 13.3 Å². The highest BCUT2D eigenvalue weighted by molar-refractivity contribution is 5.73. The minimum atomic E-state index is 0.155. The van der Waals surface area contributed by atoms with Crippen LogP contribution in [0.1, 0.15) is 38.3 Å². The molecule has 0 spiro atoms. The number of hydrogen-bond acceptors (Lipinski definition) is 4. The van der Waals surface area contributed by atoms with Gasteiger partial charge in [-0.05, 0) is 32.6 Å². The maximum atomic E-state index is 11.3. The number of nitrogens with zero attached hydrogens (tertiary/aromatic N) is 3. The summed E-state index contributed by atoms with van der Waals surface area (Å²) in [4.78, 5) is 21.5. The molecule has 0 atom stereocenters. The molecule has 1 aliphatic carbocycles. The summed E-state index contributed by atoms with van der Waals surface area (Å²) < 4.78 is 0. The molecule has 0 aliphatic heterocycles. The fourth-order valence-corrected chi connectivity index (χ4v) is 2.61. The molecule has 1 saturated carbocycles. The maximum absolute atomic E-state index is 11.3. The van der Waals surface area contributed by atoms with Crippen LogP contribution in [0.15, 0.2) is 12.4 Å². The van der Waals surface area contributed by atoms with Gasteiger partial charge in [-0.1, -0.05) is 0 Å². The molecule has 104 valence electrons. The van der Waals surface area contributed by atoms with Crippen molar-refractivity contribution in [1.29, 1.82) is 0 Å². The van der Waals surface area contributed by atoms with Gasteiger partial charge in [0.15, 0.2) is 0 Å². The molecule has 1 amide bonds. The van der Waals surface area contributed by atoms with Gasteiger partial charge in [0.05, 0.1) is 0 Å². The summed E-state index contributed by atoms with van der Waals surface area (Å²) in [5, 5.41) is 3.46. The van der Waals surface area contributed by atoms with Crippen molar-refractivity contribution >= 4 is 11.7 Å². The number of aryl methyl sites for hydroxylation is 1. The second-order valence-electron chi connectivity index (χ2n) is 5.32. The van der Waals surface area contributed by atoms with Crippen LogP contribution in [-0.4, -0.2) is 39.9 Å². The zero-order chi connectivity index (χ0) is 13.8. The smallest absolute Gasteiger partial charge is 0.219 e. The minimum absolute atomic E-state index is 0.155. The summed E-state index contributed by atoms with van der Waals surface area (Å²) in [5.41, 5.74) is 0.975. The number of anilines is 1. The van der Waals surface area contributed by atoms with E-state index in [1.807, 2.05) is 24.9 Å². The minimum Gasteiger partial charge on any atom is -0.367 e. The van der Waals surface area contributed by atoms with Crippen LogP contribution in [0.2, 0.25) is 0 Å². The highest BCUT2D eigenvalue weighted by Gasteiger charge is 2.25. The quantitative estimate of drug-likeness (QED) is 0.905. The monoisotopic (exact) mass is 262 g/mol. The Morgan fingerprint density at radius 3 is 2.58 bits per heavy atom. The molecule has 0 bridgehead atoms. The Hall–Kier alpha value is -1.65. The van der Waals surface area contributed by atoms with Crippen LogP contribution < -0.4 is 5.32 Å². The standard InChI is InChI=1S/C14H22N4O/c1-10-8-14(16-9-15-10)17-12-4-6-13(7-5-12)18(3)11(2)19/h8-9,12-13H,4-7H2,1-3H3,(H,15,16,17)/t12-,13-. The second kappa shape index (κ2) is 5.99. The molecule has 19 heavy (non-hydrogen) atoms. The van der Waals surface area contributed by atoms with Crippen molar-refractivity contribution in [3.63, 3.8) is 0 Å². The molecule has 1 N–H and O–H groups in total. The molecule has 5 nitrogen and oxygen atoms in total. The van der Waals surface area contributed by atoms with Crippen molar-refractivity contribution in [2.45, 2.75) is 51.6 Å². The van der Waals surface area contributed by atoms with Crippen LogP contribution >= 0.6 is 0 Å². The first-order valence-corrected chi connectivity index (χ1v) is 6.85. The fourth-order valence-electron chi connectivity index (χ4n) is 2.61. The molecular weight excluding hydrogens is 240 g/mol. The zero-order valence-electron chi connectivity index (χ0n) is 11.9. The van der Waals surface area contributed by atoms with Crippen LogP contribution in [0.5, 0.6) is 0 Å². The molecule has 1 aromatic rings. The molecule has 1 fully saturated rings. The lowest BCUT2D eigenvalue weighted by atomic mass is 9.90. The number of carbonyl (C=O) groups is 1. The fraction of sp³-hybridized carbons (Fsp3) is 0.643. The van der Waals surface area contributed by atoms with Gasteiger partial charge in [-0.25, -0.2) is 9.97 Å². The van der Waals surface area contributed by atoms with E-state index in [2.05, 4.69) is 15.3 Å². The molecule has 0 radical (unpaired) electrons. The predicted octanol–water partition coefficient (Wildman–Crippen LogP) is 1.99. The Bertz CT molecular complexity index is 441. The van der Waals surface area contributed by atoms with E-state index in [4.69, 9.17) is 0 Å². The summed E-state index contributed by atoms with van der Waals surface area (Å²) in [6.07, 6.45) is 5.85. The summed E-state index contributed by atoms with van der Waals surface area (Å²) >= 11 is 0. The van der Waals surface area contributed by atoms with Crippen molar-refractivity contribution in [1.82, 2.24) is 14.9 Å². The van der Waals surface area contributed by atoms with Gasteiger partial charge < -0.3 is 10.2 Å². The van der Waals surface area contributed by atoms with Crippen LogP contribution in [0.25, 0.3) is 0 Å². The lowest BCUT2D eigenvalue weighted by Gasteiger charge is -2.34. The lowest BCUT2D eigenvalue weighted by molar-refractivity contribution is -0.130. The van der Waals surface area contributed by atoms with Crippen LogP contribution in [-0.2, 0) is 4.79 Å². The van der Waals surface area contributed by atoms with E-state index in [0.717, 1.165) is 37.2 Å². The average molecular weight is 262 g/mol. The summed E-state index contributed by atoms with van der Waals surface area (Å²) in [7, 11) is 1.90. The van der Waals surface area contributed by atoms with Gasteiger partial charge >= 0.3 is 0 Å². The SMILES string of the molecule is CC(=O)N(C)[C@H]1CC[C@H](Nc2cc(C)ncn2)CC1. The first kappa shape index (κ1) is 13.8. The molecule has 0 aromatic carbocycles. The average Bonchev–Trinajstić information content (AvgIpc) is 2.39. The molecule has 5 heteroatoms. The Kier molecular flexibility index (Phi) is 4.35. The van der Waals surface area contributed by atoms with Gasteiger partial charge in [-0.2, -0.15) is 0 Å². The molecule has 0 saturated heterocycles. The predicted molar refractivity (Wildman–Crippen MR) is 74.9 cm³/mol. The third kappa shape index (κ3) is 3.66. The van der Waals surface area contributed by atoms with Crippen molar-refractivity contribution in [2.75, 3.05) is 12.4 Å². The van der Waals surface area contributed by atoms with Gasteiger partial charge in [0, 0.05) is 37.8 Å². The number of hydrogen-bond donors (Lipinski definition) is 1. The normalized spacial score (nSPS) is 22.9. The molecular formula is C14H22N4O. The number of amides is 1. The van der Waals surface area contributed by atoms with E-state index < -0.39 is 0 Å². The largest absolute Gasteiger partial charge is 0.367 e. The maximum Gasteiger partial charge on any atom is 0.219 e. The molecule has 0 unspecified atom stereocenters. The molecule has 1 aromatic heterocycles. The summed E-state index contributed by atoms with van der Waals surface area (Å²) in [5.74, 6) is 1.05. The van der Waals surface area contributed by atoms with Crippen molar-refractivity contribution in [3.05, 3.63) is 18.1 Å². The molecule has 1 heterocycles. The van der Waals surface area contributed by atoms with Crippen LogP contribution in [0.4, 0.5) is 5.82 Å². The van der Waals surface area contributed by atoms with Crippen LogP contribution in [0, 0.1) is 6.92 Å². The van der Waals surface area contributed by atoms with E-state index in [1.165, 1.54) is 0 Å². The van der Waals surface area contributed by atoms with E-state index in [0.29, 0.717) is 12.1 Å². The van der Waals surface area contributed by atoms with Crippen molar-refractivity contribution in [2.24, 2.45) is 0 Å². The van der Waals surface area contributed by atoms with Gasteiger partial charge in [-0.15, -0.1) is 0 Å². The molecule has 2 rings (SSSR count).